The molecular formula is C14H11ClN6O3S. The van der Waals surface area contributed by atoms with Crippen molar-refractivity contribution in [2.75, 3.05) is 0 Å². The molecule has 0 N–H and O–H groups in total. The molecule has 0 unspecified atom stereocenters. The van der Waals surface area contributed by atoms with Gasteiger partial charge in [0.2, 0.25) is 6.33 Å². The monoisotopic (exact) mass is 378 g/mol. The van der Waals surface area contributed by atoms with Gasteiger partial charge in [-0.05, 0) is 16.6 Å². The standard InChI is InChI=1S/C14H11ClN6O3S/c15-11-4-2-1-3-10(11)7-19-5-6-25-14(19)17-12(22)8-20-9-16-13(18-20)21(23)24/h1-6,9H,7-8H2. The maximum atomic E-state index is 12.1. The lowest BCUT2D eigenvalue weighted by Gasteiger charge is -2.05. The van der Waals surface area contributed by atoms with Crippen LogP contribution < -0.4 is 4.80 Å². The van der Waals surface area contributed by atoms with Crippen LogP contribution in [0.1, 0.15) is 5.56 Å². The third-order valence-electron chi connectivity index (χ3n) is 3.16. The highest BCUT2D eigenvalue weighted by atomic mass is 35.5. The maximum absolute atomic E-state index is 12.1. The minimum Gasteiger partial charge on any atom is -0.390 e. The van der Waals surface area contributed by atoms with Crippen LogP contribution in [0.5, 0.6) is 0 Å². The van der Waals surface area contributed by atoms with Crippen LogP contribution in [-0.4, -0.2) is 30.2 Å². The number of carbonyl (C=O) groups excluding carboxylic acids is 1. The number of rotatable bonds is 5. The molecule has 3 rings (SSSR count). The molecule has 11 heteroatoms. The quantitative estimate of drug-likeness (QED) is 0.497. The second-order valence-corrected chi connectivity index (χ2v) is 6.19. The van der Waals surface area contributed by atoms with Gasteiger partial charge in [-0.25, -0.2) is 0 Å². The normalized spacial score (nSPS) is 11.6. The molecule has 0 spiro atoms. The zero-order valence-corrected chi connectivity index (χ0v) is 14.2. The highest BCUT2D eigenvalue weighted by Crippen LogP contribution is 2.15. The summed E-state index contributed by atoms with van der Waals surface area (Å²) < 4.78 is 2.88. The van der Waals surface area contributed by atoms with Crippen molar-refractivity contribution < 1.29 is 9.72 Å². The van der Waals surface area contributed by atoms with E-state index in [-0.39, 0.29) is 6.54 Å². The Morgan fingerprint density at radius 3 is 2.92 bits per heavy atom. The van der Waals surface area contributed by atoms with Crippen LogP contribution in [0.25, 0.3) is 0 Å². The number of hydrogen-bond donors (Lipinski definition) is 0. The number of nitrogens with zero attached hydrogens (tertiary/aromatic N) is 6. The fourth-order valence-electron chi connectivity index (χ4n) is 2.04. The van der Waals surface area contributed by atoms with E-state index in [1.54, 1.807) is 16.8 Å². The lowest BCUT2D eigenvalue weighted by molar-refractivity contribution is -0.394. The van der Waals surface area contributed by atoms with Crippen molar-refractivity contribution in [1.29, 1.82) is 0 Å². The number of benzene rings is 1. The predicted octanol–water partition coefficient (Wildman–Crippen LogP) is 1.88. The Morgan fingerprint density at radius 1 is 1.40 bits per heavy atom. The molecule has 0 aliphatic heterocycles. The van der Waals surface area contributed by atoms with Crippen molar-refractivity contribution in [3.05, 3.63) is 67.7 Å². The minimum absolute atomic E-state index is 0.231. The smallest absolute Gasteiger partial charge is 0.390 e. The molecule has 0 saturated heterocycles. The van der Waals surface area contributed by atoms with Gasteiger partial charge in [-0.3, -0.25) is 4.79 Å². The maximum Gasteiger partial charge on any atom is 0.490 e. The van der Waals surface area contributed by atoms with Crippen LogP contribution in [0.2, 0.25) is 5.02 Å². The summed E-state index contributed by atoms with van der Waals surface area (Å²) in [7, 11) is 0. The van der Waals surface area contributed by atoms with Gasteiger partial charge < -0.3 is 14.7 Å². The van der Waals surface area contributed by atoms with Crippen LogP contribution in [0.15, 0.2) is 47.2 Å². The molecule has 9 nitrogen and oxygen atoms in total. The van der Waals surface area contributed by atoms with Gasteiger partial charge in [0.25, 0.3) is 5.91 Å². The molecule has 1 amide bonds. The van der Waals surface area contributed by atoms with Crippen LogP contribution in [0, 0.1) is 10.1 Å². The van der Waals surface area contributed by atoms with Gasteiger partial charge in [0, 0.05) is 21.7 Å². The van der Waals surface area contributed by atoms with E-state index in [4.69, 9.17) is 11.6 Å². The number of amides is 1. The Hall–Kier alpha value is -2.85. The molecule has 3 aromatic rings. The van der Waals surface area contributed by atoms with Crippen molar-refractivity contribution in [3.63, 3.8) is 0 Å². The zero-order chi connectivity index (χ0) is 17.8. The van der Waals surface area contributed by atoms with Gasteiger partial charge in [0.15, 0.2) is 4.80 Å². The Kier molecular flexibility index (Phi) is 5.00. The van der Waals surface area contributed by atoms with Gasteiger partial charge in [0.1, 0.15) is 6.54 Å². The fraction of sp³-hybridized carbons (Fsp3) is 0.143. The van der Waals surface area contributed by atoms with E-state index in [0.29, 0.717) is 16.4 Å². The summed E-state index contributed by atoms with van der Waals surface area (Å²) in [6, 6.07) is 7.42. The van der Waals surface area contributed by atoms with Gasteiger partial charge in [-0.15, -0.1) is 11.3 Å². The average molecular weight is 379 g/mol. The van der Waals surface area contributed by atoms with Crippen LogP contribution in [-0.2, 0) is 17.9 Å². The Morgan fingerprint density at radius 2 is 2.20 bits per heavy atom. The van der Waals surface area contributed by atoms with Crippen molar-refractivity contribution in [1.82, 2.24) is 19.3 Å². The summed E-state index contributed by atoms with van der Waals surface area (Å²) in [6.45, 7) is 0.245. The summed E-state index contributed by atoms with van der Waals surface area (Å²) in [4.78, 5) is 29.9. The summed E-state index contributed by atoms with van der Waals surface area (Å²) in [5, 5.41) is 16.6. The number of aromatic nitrogens is 4. The fourth-order valence-corrected chi connectivity index (χ4v) is 2.98. The molecular weight excluding hydrogens is 368 g/mol. The first-order valence-corrected chi connectivity index (χ1v) is 8.27. The van der Waals surface area contributed by atoms with Crippen molar-refractivity contribution in [3.8, 4) is 0 Å². The molecule has 25 heavy (non-hydrogen) atoms. The SMILES string of the molecule is O=C(Cn1cnc([N+](=O)[O-])n1)N=c1sccn1Cc1ccccc1Cl. The lowest BCUT2D eigenvalue weighted by atomic mass is 10.2. The Bertz CT molecular complexity index is 992. The lowest BCUT2D eigenvalue weighted by Crippen LogP contribution is -2.19. The third-order valence-corrected chi connectivity index (χ3v) is 4.33. The number of halogens is 1. The second kappa shape index (κ2) is 7.36. The second-order valence-electron chi connectivity index (χ2n) is 4.91. The molecule has 0 radical (unpaired) electrons. The number of hydrogen-bond acceptors (Lipinski definition) is 6. The first kappa shape index (κ1) is 17.0. The molecule has 128 valence electrons. The third kappa shape index (κ3) is 4.17. The summed E-state index contributed by atoms with van der Waals surface area (Å²) in [6.07, 6.45) is 2.93. The van der Waals surface area contributed by atoms with E-state index in [1.807, 2.05) is 23.6 Å². The van der Waals surface area contributed by atoms with Gasteiger partial charge in [-0.1, -0.05) is 34.8 Å². The van der Waals surface area contributed by atoms with E-state index in [9.17, 15) is 14.9 Å². The molecule has 1 aromatic carbocycles. The van der Waals surface area contributed by atoms with E-state index < -0.39 is 16.8 Å². The Balaban J connectivity index is 1.77. The van der Waals surface area contributed by atoms with Crippen LogP contribution >= 0.6 is 22.9 Å². The number of thiazole rings is 1. The number of nitro groups is 1. The van der Waals surface area contributed by atoms with E-state index in [0.717, 1.165) is 16.6 Å². The molecule has 2 aromatic heterocycles. The van der Waals surface area contributed by atoms with Crippen LogP contribution in [0.4, 0.5) is 5.95 Å². The predicted molar refractivity (Wildman–Crippen MR) is 90.1 cm³/mol. The summed E-state index contributed by atoms with van der Waals surface area (Å²) in [5.41, 5.74) is 0.906. The highest BCUT2D eigenvalue weighted by molar-refractivity contribution is 7.07. The topological polar surface area (TPSA) is 108 Å². The largest absolute Gasteiger partial charge is 0.490 e. The zero-order valence-electron chi connectivity index (χ0n) is 12.6. The minimum atomic E-state index is -0.727. The Labute approximate surface area is 150 Å². The highest BCUT2D eigenvalue weighted by Gasteiger charge is 2.15. The van der Waals surface area contributed by atoms with E-state index in [1.165, 1.54) is 11.3 Å². The summed E-state index contributed by atoms with van der Waals surface area (Å²) in [5.74, 6) is -1.05. The van der Waals surface area contributed by atoms with E-state index in [2.05, 4.69) is 15.1 Å². The molecule has 0 atom stereocenters. The van der Waals surface area contributed by atoms with Gasteiger partial charge in [0.05, 0.1) is 6.54 Å². The van der Waals surface area contributed by atoms with Crippen molar-refractivity contribution in [2.24, 2.45) is 4.99 Å². The first-order chi connectivity index (χ1) is 12.0. The van der Waals surface area contributed by atoms with E-state index >= 15 is 0 Å². The molecule has 0 aliphatic rings. The van der Waals surface area contributed by atoms with Gasteiger partial charge >= 0.3 is 5.95 Å². The molecule has 0 bridgehead atoms. The average Bonchev–Trinajstić information content (AvgIpc) is 3.20. The summed E-state index contributed by atoms with van der Waals surface area (Å²) >= 11 is 7.46. The van der Waals surface area contributed by atoms with Crippen LogP contribution in [0.3, 0.4) is 0 Å². The van der Waals surface area contributed by atoms with Crippen molar-refractivity contribution >= 4 is 34.8 Å². The van der Waals surface area contributed by atoms with Crippen molar-refractivity contribution in [2.45, 2.75) is 13.1 Å². The number of carbonyl (C=O) groups is 1. The molecule has 0 fully saturated rings. The first-order valence-electron chi connectivity index (χ1n) is 7.01. The van der Waals surface area contributed by atoms with Gasteiger partial charge in [-0.2, -0.15) is 9.67 Å². The molecule has 2 heterocycles. The molecule has 0 aliphatic carbocycles. The molecule has 0 saturated carbocycles.